The lowest BCUT2D eigenvalue weighted by Gasteiger charge is -2.11. The molecule has 0 radical (unpaired) electrons. The van der Waals surface area contributed by atoms with Gasteiger partial charge in [-0.15, -0.1) is 0 Å². The van der Waals surface area contributed by atoms with E-state index in [0.717, 1.165) is 33.8 Å². The standard InChI is InChI=1S/C25H20Cl4N2O/c1-17-22(15-25(27,28)29)30-31(23-10-6-5-9-21(23)26)24(17)19-11-13-20(14-12-19)32-16-18-7-3-2-4-8-18/h2-14H,15-16H2,1H3. The molecule has 3 aromatic carbocycles. The molecule has 0 atom stereocenters. The fraction of sp³-hybridized carbons (Fsp3) is 0.160. The van der Waals surface area contributed by atoms with Crippen LogP contribution in [0.4, 0.5) is 0 Å². The van der Waals surface area contributed by atoms with Crippen LogP contribution in [0, 0.1) is 6.92 Å². The predicted octanol–water partition coefficient (Wildman–Crippen LogP) is 7.99. The molecule has 0 aliphatic heterocycles. The summed E-state index contributed by atoms with van der Waals surface area (Å²) in [4.78, 5) is 0. The van der Waals surface area contributed by atoms with E-state index in [9.17, 15) is 0 Å². The second kappa shape index (κ2) is 9.76. The van der Waals surface area contributed by atoms with Gasteiger partial charge in [-0.3, -0.25) is 0 Å². The number of alkyl halides is 3. The van der Waals surface area contributed by atoms with Gasteiger partial charge in [0, 0.05) is 12.0 Å². The Labute approximate surface area is 207 Å². The van der Waals surface area contributed by atoms with E-state index in [1.54, 1.807) is 0 Å². The molecule has 164 valence electrons. The molecule has 3 nitrogen and oxygen atoms in total. The average molecular weight is 506 g/mol. The van der Waals surface area contributed by atoms with Crippen LogP contribution in [0.15, 0.2) is 78.9 Å². The third kappa shape index (κ3) is 5.41. The van der Waals surface area contributed by atoms with Gasteiger partial charge >= 0.3 is 0 Å². The van der Waals surface area contributed by atoms with E-state index in [2.05, 4.69) is 0 Å². The summed E-state index contributed by atoms with van der Waals surface area (Å²) in [6.07, 6.45) is 0.187. The first-order valence-electron chi connectivity index (χ1n) is 9.99. The Bertz CT molecular complexity index is 1200. The van der Waals surface area contributed by atoms with Crippen LogP contribution in [0.2, 0.25) is 5.02 Å². The van der Waals surface area contributed by atoms with Crippen LogP contribution in [-0.2, 0) is 13.0 Å². The van der Waals surface area contributed by atoms with Crippen molar-refractivity contribution < 1.29 is 4.74 Å². The van der Waals surface area contributed by atoms with Crippen LogP contribution in [0.25, 0.3) is 16.9 Å². The van der Waals surface area contributed by atoms with Crippen LogP contribution in [0.5, 0.6) is 5.75 Å². The zero-order valence-electron chi connectivity index (χ0n) is 17.2. The van der Waals surface area contributed by atoms with E-state index in [4.69, 9.17) is 56.2 Å². The highest BCUT2D eigenvalue weighted by Gasteiger charge is 2.26. The maximum Gasteiger partial charge on any atom is 0.196 e. The zero-order valence-corrected chi connectivity index (χ0v) is 20.3. The Morgan fingerprint density at radius 3 is 2.19 bits per heavy atom. The van der Waals surface area contributed by atoms with E-state index < -0.39 is 3.79 Å². The quantitative estimate of drug-likeness (QED) is 0.248. The minimum absolute atomic E-state index is 0.187. The number of ether oxygens (including phenoxy) is 1. The number of aromatic nitrogens is 2. The van der Waals surface area contributed by atoms with Crippen molar-refractivity contribution in [1.29, 1.82) is 0 Å². The molecular formula is C25H20Cl4N2O. The van der Waals surface area contributed by atoms with Gasteiger partial charge in [-0.2, -0.15) is 5.10 Å². The summed E-state index contributed by atoms with van der Waals surface area (Å²) >= 11 is 24.7. The van der Waals surface area contributed by atoms with Gasteiger partial charge in [0.25, 0.3) is 0 Å². The summed E-state index contributed by atoms with van der Waals surface area (Å²) in [5.74, 6) is 0.778. The average Bonchev–Trinajstić information content (AvgIpc) is 3.08. The van der Waals surface area contributed by atoms with Crippen molar-refractivity contribution in [3.8, 4) is 22.7 Å². The number of hydrogen-bond donors (Lipinski definition) is 0. The summed E-state index contributed by atoms with van der Waals surface area (Å²) < 4.78 is 6.28. The molecular weight excluding hydrogens is 486 g/mol. The smallest absolute Gasteiger partial charge is 0.196 e. The van der Waals surface area contributed by atoms with Gasteiger partial charge < -0.3 is 4.74 Å². The van der Waals surface area contributed by atoms with E-state index in [0.29, 0.717) is 17.3 Å². The van der Waals surface area contributed by atoms with Crippen LogP contribution < -0.4 is 4.74 Å². The third-order valence-electron chi connectivity index (χ3n) is 5.05. The number of rotatable bonds is 6. The molecule has 4 rings (SSSR count). The van der Waals surface area contributed by atoms with Crippen molar-refractivity contribution in [2.45, 2.75) is 23.7 Å². The molecule has 7 heteroatoms. The molecule has 0 amide bonds. The highest BCUT2D eigenvalue weighted by Crippen LogP contribution is 2.36. The van der Waals surface area contributed by atoms with E-state index >= 15 is 0 Å². The number of para-hydroxylation sites is 1. The Hall–Kier alpha value is -2.17. The molecule has 0 aliphatic rings. The highest BCUT2D eigenvalue weighted by molar-refractivity contribution is 6.67. The molecule has 0 saturated carbocycles. The topological polar surface area (TPSA) is 27.1 Å². The van der Waals surface area contributed by atoms with Gasteiger partial charge in [0.05, 0.1) is 22.1 Å². The molecule has 0 spiro atoms. The SMILES string of the molecule is Cc1c(CC(Cl)(Cl)Cl)nn(-c2ccccc2Cl)c1-c1ccc(OCc2ccccc2)cc1. The Kier molecular flexibility index (Phi) is 7.02. The molecule has 0 fully saturated rings. The molecule has 1 heterocycles. The summed E-state index contributed by atoms with van der Waals surface area (Å²) in [5.41, 5.74) is 5.33. The van der Waals surface area contributed by atoms with Crippen molar-refractivity contribution in [1.82, 2.24) is 9.78 Å². The second-order valence-electron chi connectivity index (χ2n) is 7.37. The molecule has 1 aromatic heterocycles. The minimum atomic E-state index is -1.45. The van der Waals surface area contributed by atoms with Crippen LogP contribution in [0.1, 0.15) is 16.8 Å². The zero-order chi connectivity index (χ0) is 22.7. The number of nitrogens with zero attached hydrogens (tertiary/aromatic N) is 2. The molecule has 0 unspecified atom stereocenters. The largest absolute Gasteiger partial charge is 0.489 e. The first kappa shape index (κ1) is 23.0. The lowest BCUT2D eigenvalue weighted by Crippen LogP contribution is -2.09. The van der Waals surface area contributed by atoms with E-state index in [1.807, 2.05) is 90.5 Å². The fourth-order valence-corrected chi connectivity index (χ4v) is 4.08. The highest BCUT2D eigenvalue weighted by atomic mass is 35.6. The van der Waals surface area contributed by atoms with Crippen molar-refractivity contribution >= 4 is 46.4 Å². The van der Waals surface area contributed by atoms with Crippen molar-refractivity contribution in [2.75, 3.05) is 0 Å². The van der Waals surface area contributed by atoms with Gasteiger partial charge in [-0.05, 0) is 54.4 Å². The summed E-state index contributed by atoms with van der Waals surface area (Å²) in [6, 6.07) is 25.4. The van der Waals surface area contributed by atoms with Gasteiger partial charge in [0.15, 0.2) is 3.79 Å². The van der Waals surface area contributed by atoms with Gasteiger partial charge in [-0.25, -0.2) is 4.68 Å². The maximum absolute atomic E-state index is 6.48. The number of hydrogen-bond acceptors (Lipinski definition) is 2. The molecule has 32 heavy (non-hydrogen) atoms. The lowest BCUT2D eigenvalue weighted by molar-refractivity contribution is 0.306. The number of halogens is 4. The summed E-state index contributed by atoms with van der Waals surface area (Å²) in [7, 11) is 0. The van der Waals surface area contributed by atoms with E-state index in [1.165, 1.54) is 0 Å². The van der Waals surface area contributed by atoms with Crippen molar-refractivity contribution in [3.63, 3.8) is 0 Å². The monoisotopic (exact) mass is 504 g/mol. The van der Waals surface area contributed by atoms with Gasteiger partial charge in [0.1, 0.15) is 12.4 Å². The number of benzene rings is 3. The third-order valence-corrected chi connectivity index (χ3v) is 5.77. The fourth-order valence-electron chi connectivity index (χ4n) is 3.49. The molecule has 0 N–H and O–H groups in total. The van der Waals surface area contributed by atoms with E-state index in [-0.39, 0.29) is 6.42 Å². The van der Waals surface area contributed by atoms with Crippen LogP contribution in [-0.4, -0.2) is 13.6 Å². The second-order valence-corrected chi connectivity index (χ2v) is 10.3. The van der Waals surface area contributed by atoms with Gasteiger partial charge in [0.2, 0.25) is 0 Å². The van der Waals surface area contributed by atoms with Crippen LogP contribution in [0.3, 0.4) is 0 Å². The minimum Gasteiger partial charge on any atom is -0.489 e. The first-order chi connectivity index (χ1) is 15.3. The Morgan fingerprint density at radius 1 is 0.875 bits per heavy atom. The normalized spacial score (nSPS) is 11.5. The molecule has 4 aromatic rings. The van der Waals surface area contributed by atoms with Gasteiger partial charge in [-0.1, -0.05) is 88.9 Å². The Morgan fingerprint density at radius 2 is 1.53 bits per heavy atom. The lowest BCUT2D eigenvalue weighted by atomic mass is 10.1. The first-order valence-corrected chi connectivity index (χ1v) is 11.5. The summed E-state index contributed by atoms with van der Waals surface area (Å²) in [5, 5.41) is 5.33. The van der Waals surface area contributed by atoms with Crippen LogP contribution >= 0.6 is 46.4 Å². The Balaban J connectivity index is 1.69. The summed E-state index contributed by atoms with van der Waals surface area (Å²) in [6.45, 7) is 2.48. The predicted molar refractivity (Wildman–Crippen MR) is 134 cm³/mol. The maximum atomic E-state index is 6.48. The molecule has 0 aliphatic carbocycles. The molecule has 0 bridgehead atoms. The van der Waals surface area contributed by atoms with Crippen molar-refractivity contribution in [2.24, 2.45) is 0 Å². The van der Waals surface area contributed by atoms with Crippen molar-refractivity contribution in [3.05, 3.63) is 101 Å². The molecule has 0 saturated heterocycles.